The summed E-state index contributed by atoms with van der Waals surface area (Å²) < 4.78 is 0. The summed E-state index contributed by atoms with van der Waals surface area (Å²) in [6, 6.07) is 10.6. The molecule has 0 aromatic heterocycles. The zero-order chi connectivity index (χ0) is 17.0. The summed E-state index contributed by atoms with van der Waals surface area (Å²) in [5, 5.41) is 32.2. The minimum Gasteiger partial charge on any atom is -0.502 e. The van der Waals surface area contributed by atoms with Gasteiger partial charge in [0.15, 0.2) is 5.75 Å². The third-order valence-corrected chi connectivity index (χ3v) is 3.26. The van der Waals surface area contributed by atoms with E-state index in [1.54, 1.807) is 18.2 Å². The third kappa shape index (κ3) is 3.75. The highest BCUT2D eigenvalue weighted by molar-refractivity contribution is 6.30. The highest BCUT2D eigenvalue weighted by Gasteiger charge is 2.20. The van der Waals surface area contributed by atoms with Crippen LogP contribution in [0.25, 0.3) is 0 Å². The van der Waals surface area contributed by atoms with Crippen LogP contribution in [0.5, 0.6) is 5.75 Å². The van der Waals surface area contributed by atoms with Gasteiger partial charge in [0, 0.05) is 16.7 Å². The van der Waals surface area contributed by atoms with Gasteiger partial charge in [-0.1, -0.05) is 23.7 Å². The molecule has 0 saturated heterocycles. The molecule has 0 aliphatic carbocycles. The summed E-state index contributed by atoms with van der Waals surface area (Å²) in [5.41, 5.74) is -0.146. The van der Waals surface area contributed by atoms with Crippen LogP contribution in [0, 0.1) is 21.4 Å². The largest absolute Gasteiger partial charge is 0.502 e. The zero-order valence-corrected chi connectivity index (χ0v) is 12.3. The first kappa shape index (κ1) is 16.3. The lowest BCUT2D eigenvalue weighted by molar-refractivity contribution is -0.385. The summed E-state index contributed by atoms with van der Waals surface area (Å²) in [7, 11) is 0. The predicted octanol–water partition coefficient (Wildman–Crippen LogP) is 2.95. The molecule has 116 valence electrons. The normalized spacial score (nSPS) is 11.3. The molecule has 2 aromatic rings. The molecule has 0 unspecified atom stereocenters. The van der Waals surface area contributed by atoms with Gasteiger partial charge >= 0.3 is 5.69 Å². The second-order valence-electron chi connectivity index (χ2n) is 4.55. The van der Waals surface area contributed by atoms with Crippen molar-refractivity contribution in [2.75, 3.05) is 0 Å². The molecule has 0 heterocycles. The molecular formula is C15H10ClN3O4. The fourth-order valence-corrected chi connectivity index (χ4v) is 2.10. The van der Waals surface area contributed by atoms with E-state index in [0.29, 0.717) is 10.6 Å². The number of halogens is 1. The molecule has 0 bridgehead atoms. The number of hydrogen-bond donors (Lipinski definition) is 2. The standard InChI is InChI=1S/C15H10ClN3O4/c16-11-3-1-2-9(6-11)12(8-17)18-15(21)10-4-5-14(20)13(7-10)19(22)23/h1-7,12,20H,(H,18,21)/t12-/m0/s1. The number of aromatic hydroxyl groups is 1. The lowest BCUT2D eigenvalue weighted by Crippen LogP contribution is -2.27. The van der Waals surface area contributed by atoms with Crippen molar-refractivity contribution >= 4 is 23.2 Å². The number of rotatable bonds is 4. The molecule has 0 saturated carbocycles. The molecule has 8 heteroatoms. The van der Waals surface area contributed by atoms with Gasteiger partial charge < -0.3 is 10.4 Å². The van der Waals surface area contributed by atoms with Gasteiger partial charge in [-0.15, -0.1) is 0 Å². The number of carbonyl (C=O) groups is 1. The van der Waals surface area contributed by atoms with Crippen LogP contribution < -0.4 is 5.32 Å². The number of phenolic OH excluding ortho intramolecular Hbond substituents is 1. The molecule has 0 fully saturated rings. The minimum atomic E-state index is -0.964. The highest BCUT2D eigenvalue weighted by atomic mass is 35.5. The van der Waals surface area contributed by atoms with E-state index in [0.717, 1.165) is 12.1 Å². The van der Waals surface area contributed by atoms with Crippen LogP contribution in [0.1, 0.15) is 22.0 Å². The Morgan fingerprint density at radius 2 is 2.09 bits per heavy atom. The average molecular weight is 332 g/mol. The quantitative estimate of drug-likeness (QED) is 0.660. The second kappa shape index (κ2) is 6.77. The van der Waals surface area contributed by atoms with Gasteiger partial charge in [-0.25, -0.2) is 0 Å². The lowest BCUT2D eigenvalue weighted by atomic mass is 10.1. The third-order valence-electron chi connectivity index (χ3n) is 3.02. The second-order valence-corrected chi connectivity index (χ2v) is 4.99. The zero-order valence-electron chi connectivity index (χ0n) is 11.6. The van der Waals surface area contributed by atoms with E-state index < -0.39 is 28.3 Å². The molecule has 23 heavy (non-hydrogen) atoms. The van der Waals surface area contributed by atoms with E-state index >= 15 is 0 Å². The molecule has 2 aromatic carbocycles. The van der Waals surface area contributed by atoms with Gasteiger partial charge in [-0.3, -0.25) is 14.9 Å². The lowest BCUT2D eigenvalue weighted by Gasteiger charge is -2.12. The Morgan fingerprint density at radius 3 is 2.70 bits per heavy atom. The van der Waals surface area contributed by atoms with E-state index in [9.17, 15) is 25.3 Å². The first-order valence-corrected chi connectivity index (χ1v) is 6.73. The van der Waals surface area contributed by atoms with Crippen molar-refractivity contribution in [2.24, 2.45) is 0 Å². The van der Waals surface area contributed by atoms with Crippen LogP contribution >= 0.6 is 11.6 Å². The van der Waals surface area contributed by atoms with Crippen LogP contribution in [0.3, 0.4) is 0 Å². The molecule has 0 aliphatic rings. The Hall–Kier alpha value is -3.11. The number of phenols is 1. The Bertz CT molecular complexity index is 817. The topological polar surface area (TPSA) is 116 Å². The van der Waals surface area contributed by atoms with Crippen LogP contribution in [-0.2, 0) is 0 Å². The Balaban J connectivity index is 2.26. The van der Waals surface area contributed by atoms with Crippen LogP contribution in [-0.4, -0.2) is 15.9 Å². The molecule has 0 spiro atoms. The summed E-state index contributed by atoms with van der Waals surface area (Å²) in [5.74, 6) is -1.22. The van der Waals surface area contributed by atoms with E-state index in [-0.39, 0.29) is 5.56 Å². The summed E-state index contributed by atoms with van der Waals surface area (Å²) >= 11 is 5.85. The fourth-order valence-electron chi connectivity index (χ4n) is 1.90. The van der Waals surface area contributed by atoms with Crippen LogP contribution in [0.4, 0.5) is 5.69 Å². The molecule has 2 N–H and O–H groups in total. The first-order chi connectivity index (χ1) is 10.9. The first-order valence-electron chi connectivity index (χ1n) is 6.35. The Kier molecular flexibility index (Phi) is 4.79. The van der Waals surface area contributed by atoms with Crippen molar-refractivity contribution in [3.05, 3.63) is 68.7 Å². The van der Waals surface area contributed by atoms with Crippen molar-refractivity contribution in [2.45, 2.75) is 6.04 Å². The van der Waals surface area contributed by atoms with Crippen molar-refractivity contribution in [1.29, 1.82) is 5.26 Å². The smallest absolute Gasteiger partial charge is 0.311 e. The number of nitrogens with one attached hydrogen (secondary N) is 1. The van der Waals surface area contributed by atoms with E-state index in [2.05, 4.69) is 5.32 Å². The maximum absolute atomic E-state index is 12.2. The predicted molar refractivity (Wildman–Crippen MR) is 82.0 cm³/mol. The van der Waals surface area contributed by atoms with E-state index in [4.69, 9.17) is 11.6 Å². The molecular weight excluding hydrogens is 322 g/mol. The number of nitro benzene ring substituents is 1. The minimum absolute atomic E-state index is 0.0446. The van der Waals surface area contributed by atoms with Crippen molar-refractivity contribution in [3.63, 3.8) is 0 Å². The Morgan fingerprint density at radius 1 is 1.35 bits per heavy atom. The summed E-state index contributed by atoms with van der Waals surface area (Å²) in [6.45, 7) is 0. The number of nitrogens with zero attached hydrogens (tertiary/aromatic N) is 2. The maximum atomic E-state index is 12.2. The van der Waals surface area contributed by atoms with Crippen LogP contribution in [0.15, 0.2) is 42.5 Å². The average Bonchev–Trinajstić information content (AvgIpc) is 2.52. The van der Waals surface area contributed by atoms with Gasteiger partial charge in [0.05, 0.1) is 11.0 Å². The fraction of sp³-hybridized carbons (Fsp3) is 0.0667. The number of nitro groups is 1. The summed E-state index contributed by atoms with van der Waals surface area (Å²) in [4.78, 5) is 22.1. The maximum Gasteiger partial charge on any atom is 0.311 e. The number of benzene rings is 2. The van der Waals surface area contributed by atoms with Gasteiger partial charge in [0.1, 0.15) is 6.04 Å². The van der Waals surface area contributed by atoms with E-state index in [1.165, 1.54) is 12.1 Å². The molecule has 7 nitrogen and oxygen atoms in total. The highest BCUT2D eigenvalue weighted by Crippen LogP contribution is 2.26. The molecule has 2 rings (SSSR count). The monoisotopic (exact) mass is 331 g/mol. The van der Waals surface area contributed by atoms with Gasteiger partial charge in [0.25, 0.3) is 5.91 Å². The number of amides is 1. The number of hydrogen-bond acceptors (Lipinski definition) is 5. The number of nitriles is 1. The van der Waals surface area contributed by atoms with E-state index in [1.807, 2.05) is 6.07 Å². The van der Waals surface area contributed by atoms with Gasteiger partial charge in [-0.05, 0) is 29.8 Å². The van der Waals surface area contributed by atoms with Crippen molar-refractivity contribution in [3.8, 4) is 11.8 Å². The molecule has 0 aliphatic heterocycles. The van der Waals surface area contributed by atoms with Gasteiger partial charge in [0.2, 0.25) is 0 Å². The molecule has 0 radical (unpaired) electrons. The SMILES string of the molecule is N#C[C@H](NC(=O)c1ccc(O)c([N+](=O)[O-])c1)c1cccc(Cl)c1. The molecule has 1 amide bonds. The van der Waals surface area contributed by atoms with Crippen molar-refractivity contribution in [1.82, 2.24) is 5.32 Å². The van der Waals surface area contributed by atoms with Crippen LogP contribution in [0.2, 0.25) is 5.02 Å². The molecule has 1 atom stereocenters. The Labute approximate surface area is 135 Å². The van der Waals surface area contributed by atoms with Gasteiger partial charge in [-0.2, -0.15) is 5.26 Å². The summed E-state index contributed by atoms with van der Waals surface area (Å²) in [6.07, 6.45) is 0. The number of carbonyl (C=O) groups excluding carboxylic acids is 1. The van der Waals surface area contributed by atoms with Crippen molar-refractivity contribution < 1.29 is 14.8 Å².